The van der Waals surface area contributed by atoms with Gasteiger partial charge in [-0.25, -0.2) is 0 Å². The largest absolute Gasteiger partial charge is 0.466 e. The highest BCUT2D eigenvalue weighted by atomic mass is 35.5. The van der Waals surface area contributed by atoms with Crippen LogP contribution in [0, 0.1) is 0 Å². The van der Waals surface area contributed by atoms with Gasteiger partial charge in [0.15, 0.2) is 0 Å². The fourth-order valence-electron chi connectivity index (χ4n) is 1.02. The Morgan fingerprint density at radius 3 is 0.378 bits per heavy atom. The van der Waals surface area contributed by atoms with Gasteiger partial charge in [0.1, 0.15) is 0 Å². The summed E-state index contributed by atoms with van der Waals surface area (Å²) in [6.45, 7) is 18.3. The highest BCUT2D eigenvalue weighted by Crippen LogP contribution is 1.75. The van der Waals surface area contributed by atoms with Gasteiger partial charge in [0.2, 0.25) is 0 Å². The molecule has 0 saturated carbocycles. The van der Waals surface area contributed by atoms with E-state index in [1.165, 1.54) is 34.6 Å². The number of carbonyl (C=O) groups excluding carboxylic acids is 5. The van der Waals surface area contributed by atoms with Gasteiger partial charge in [-0.1, -0.05) is 0 Å². The third kappa shape index (κ3) is 340. The van der Waals surface area contributed by atoms with Crippen LogP contribution in [-0.2, 0) is 47.7 Å². The Hall–Kier alpha value is 0.250. The molecule has 10 nitrogen and oxygen atoms in total. The molecule has 20 heteroatoms. The van der Waals surface area contributed by atoms with Crippen LogP contribution in [0.2, 0.25) is 0 Å². The zero-order valence-corrected chi connectivity index (χ0v) is 35.0. The van der Waals surface area contributed by atoms with Crippen molar-refractivity contribution >= 4 is 146 Å². The van der Waals surface area contributed by atoms with E-state index in [9.17, 15) is 24.0 Å². The van der Waals surface area contributed by atoms with Crippen LogP contribution in [0.3, 0.4) is 0 Å². The van der Waals surface area contributed by atoms with Crippen molar-refractivity contribution in [2.24, 2.45) is 0 Å². The summed E-state index contributed by atoms with van der Waals surface area (Å²) in [5.74, 6) is -1.05. The number of hydrogen-bond donors (Lipinski definition) is 0. The predicted octanol–water partition coefficient (Wildman–Crippen LogP) is 9.95. The summed E-state index contributed by atoms with van der Waals surface area (Å²) in [6, 6.07) is 0. The molecule has 45 heavy (non-hydrogen) atoms. The number of hydrogen-bond acceptors (Lipinski definition) is 10. The van der Waals surface area contributed by atoms with E-state index >= 15 is 0 Å². The van der Waals surface area contributed by atoms with Gasteiger partial charge in [-0.15, -0.1) is 116 Å². The first kappa shape index (κ1) is 71.3. The smallest absolute Gasteiger partial charge is 0.302 e. The molecule has 0 atom stereocenters. The van der Waals surface area contributed by atoms with E-state index in [2.05, 4.69) is 23.7 Å². The molecule has 0 fully saturated rings. The van der Waals surface area contributed by atoms with Gasteiger partial charge >= 0.3 is 29.8 Å². The lowest BCUT2D eigenvalue weighted by Gasteiger charge is -1.89. The second kappa shape index (κ2) is 90.5. The van der Waals surface area contributed by atoms with Crippen molar-refractivity contribution in [2.75, 3.05) is 59.7 Å². The van der Waals surface area contributed by atoms with Crippen molar-refractivity contribution in [1.29, 1.82) is 0 Å². The Morgan fingerprint density at radius 1 is 0.311 bits per heavy atom. The number of ether oxygens (including phenoxy) is 5. The van der Waals surface area contributed by atoms with Gasteiger partial charge in [-0.05, 0) is 34.6 Å². The number of halogens is 10. The summed E-state index contributed by atoms with van der Waals surface area (Å²) in [6.07, 6.45) is 0. The lowest BCUT2D eigenvalue weighted by molar-refractivity contribution is -0.141. The van der Waals surface area contributed by atoms with E-state index in [0.29, 0.717) is 33.0 Å². The summed E-state index contributed by atoms with van der Waals surface area (Å²) in [7, 11) is 0. The van der Waals surface area contributed by atoms with Crippen molar-refractivity contribution < 1.29 is 47.7 Å². The second-order valence-corrected chi connectivity index (χ2v) is 9.17. The molecule has 0 aliphatic heterocycles. The molecule has 280 valence electrons. The molecular formula is C25H50Cl10O10. The minimum atomic E-state index is -0.211. The van der Waals surface area contributed by atoms with E-state index < -0.39 is 0 Å². The number of carbonyl (C=O) groups is 5. The zero-order chi connectivity index (χ0) is 38.5. The van der Waals surface area contributed by atoms with Crippen molar-refractivity contribution in [1.82, 2.24) is 0 Å². The minimum Gasteiger partial charge on any atom is -0.466 e. The highest BCUT2D eigenvalue weighted by molar-refractivity contribution is 6.41. The average Bonchev–Trinajstić information content (AvgIpc) is 2.88. The first-order valence-corrected chi connectivity index (χ1v) is 17.5. The molecule has 0 radical (unpaired) electrons. The molecule has 0 saturated heterocycles. The average molecular weight is 865 g/mol. The Balaban J connectivity index is -0.0000000385. The molecule has 0 aromatic rings. The summed E-state index contributed by atoms with van der Waals surface area (Å²) in [4.78, 5) is 49.1. The van der Waals surface area contributed by atoms with Crippen LogP contribution >= 0.6 is 116 Å². The van der Waals surface area contributed by atoms with E-state index in [1.54, 1.807) is 34.6 Å². The topological polar surface area (TPSA) is 132 Å². The van der Waals surface area contributed by atoms with Crippen molar-refractivity contribution in [3.8, 4) is 0 Å². The van der Waals surface area contributed by atoms with Gasteiger partial charge in [0.05, 0.1) is 59.7 Å². The van der Waals surface area contributed by atoms with E-state index in [1.807, 2.05) is 0 Å². The summed E-state index contributed by atoms with van der Waals surface area (Å²) in [5, 5.41) is 0.972. The van der Waals surface area contributed by atoms with Crippen LogP contribution in [-0.4, -0.2) is 89.6 Å². The van der Waals surface area contributed by atoms with Crippen molar-refractivity contribution in [3.63, 3.8) is 0 Å². The Bertz CT molecular complexity index is 434. The van der Waals surface area contributed by atoms with Gasteiger partial charge in [-0.3, -0.25) is 24.0 Å². The predicted molar refractivity (Wildman–Crippen MR) is 194 cm³/mol. The Kier molecular flexibility index (Phi) is 143. The molecule has 0 aliphatic carbocycles. The van der Waals surface area contributed by atoms with Crippen LogP contribution in [0.25, 0.3) is 0 Å². The number of esters is 5. The van der Waals surface area contributed by atoms with Gasteiger partial charge in [0.25, 0.3) is 0 Å². The van der Waals surface area contributed by atoms with Crippen molar-refractivity contribution in [2.45, 2.75) is 69.2 Å². The monoisotopic (exact) mass is 860 g/mol. The van der Waals surface area contributed by atoms with Crippen LogP contribution in [0.4, 0.5) is 0 Å². The van der Waals surface area contributed by atoms with E-state index in [4.69, 9.17) is 116 Å². The van der Waals surface area contributed by atoms with Crippen molar-refractivity contribution in [3.05, 3.63) is 0 Å². The van der Waals surface area contributed by atoms with Crippen LogP contribution in [0.15, 0.2) is 0 Å². The zero-order valence-electron chi connectivity index (χ0n) is 27.4. The minimum absolute atomic E-state index is 0.194. The van der Waals surface area contributed by atoms with Crippen LogP contribution < -0.4 is 0 Å². The molecule has 0 bridgehead atoms. The first-order chi connectivity index (χ1) is 20.9. The second-order valence-electron chi connectivity index (χ2n) is 5.13. The third-order valence-corrected chi connectivity index (χ3v) is 1.74. The molecule has 0 heterocycles. The molecular weight excluding hydrogens is 815 g/mol. The molecule has 0 aromatic heterocycles. The summed E-state index contributed by atoms with van der Waals surface area (Å²) >= 11 is 47.6. The number of rotatable bonds is 5. The first-order valence-electron chi connectivity index (χ1n) is 12.2. The molecule has 0 rings (SSSR count). The standard InChI is InChI=1S/5C4H8O2.5CH2Cl2/c5*1-3-6-4(2)5;5*2-1-3/h5*3H2,1-2H3;5*1H2. The fourth-order valence-corrected chi connectivity index (χ4v) is 1.02. The molecule has 0 aromatic carbocycles. The summed E-state index contributed by atoms with van der Waals surface area (Å²) in [5.41, 5.74) is 0. The third-order valence-electron chi connectivity index (χ3n) is 1.74. The molecule has 0 unspecified atom stereocenters. The van der Waals surface area contributed by atoms with Gasteiger partial charge < -0.3 is 23.7 Å². The summed E-state index contributed by atoms with van der Waals surface area (Å²) < 4.78 is 22.0. The lowest BCUT2D eigenvalue weighted by atomic mass is 10.8. The quantitative estimate of drug-likeness (QED) is 0.150. The molecule has 0 N–H and O–H groups in total. The van der Waals surface area contributed by atoms with Crippen LogP contribution in [0.1, 0.15) is 69.2 Å². The fraction of sp³-hybridized carbons (Fsp3) is 0.800. The van der Waals surface area contributed by atoms with E-state index in [-0.39, 0.29) is 56.5 Å². The van der Waals surface area contributed by atoms with Gasteiger partial charge in [-0.2, -0.15) is 0 Å². The maximum Gasteiger partial charge on any atom is 0.302 e. The highest BCUT2D eigenvalue weighted by Gasteiger charge is 1.83. The maximum atomic E-state index is 9.82. The van der Waals surface area contributed by atoms with E-state index in [0.717, 1.165) is 0 Å². The lowest BCUT2D eigenvalue weighted by Crippen LogP contribution is -1.95. The normalized spacial score (nSPS) is 7.11. The SMILES string of the molecule is CCOC(C)=O.CCOC(C)=O.CCOC(C)=O.CCOC(C)=O.CCOC(C)=O.ClCCl.ClCCl.ClCCl.ClCCl.ClCCl. The van der Waals surface area contributed by atoms with Crippen LogP contribution in [0.5, 0.6) is 0 Å². The molecule has 0 spiro atoms. The maximum absolute atomic E-state index is 9.82. The Morgan fingerprint density at radius 2 is 0.378 bits per heavy atom. The van der Waals surface area contributed by atoms with Gasteiger partial charge in [0, 0.05) is 34.6 Å². The Labute approximate surface area is 320 Å². The number of alkyl halides is 10. The molecule has 0 amide bonds. The molecule has 0 aliphatic rings.